The summed E-state index contributed by atoms with van der Waals surface area (Å²) in [6.45, 7) is 1.20. The summed E-state index contributed by atoms with van der Waals surface area (Å²) < 4.78 is 0. The minimum Gasteiger partial charge on any atom is -0.383 e. The highest BCUT2D eigenvalue weighted by Crippen LogP contribution is 2.24. The molecule has 1 aromatic heterocycles. The van der Waals surface area contributed by atoms with Crippen LogP contribution in [0.4, 0.5) is 11.5 Å². The molecule has 0 radical (unpaired) electrons. The number of amides is 1. The SMILES string of the molecule is CN(Cc1nc(N)c2ccccc2n1)[C@@H]1CCN(c2ccccc2)C1=O. The topological polar surface area (TPSA) is 75.4 Å². The van der Waals surface area contributed by atoms with Crippen molar-refractivity contribution in [3.05, 3.63) is 60.4 Å². The van der Waals surface area contributed by atoms with Crippen LogP contribution in [0, 0.1) is 0 Å². The molecule has 2 N–H and O–H groups in total. The van der Waals surface area contributed by atoms with Crippen molar-refractivity contribution in [2.24, 2.45) is 0 Å². The van der Waals surface area contributed by atoms with Crippen LogP contribution in [0.2, 0.25) is 0 Å². The third-order valence-corrected chi connectivity index (χ3v) is 4.85. The molecular formula is C20H21N5O. The Morgan fingerprint density at radius 2 is 1.85 bits per heavy atom. The standard InChI is InChI=1S/C20H21N5O/c1-24(13-18-22-16-10-6-5-9-15(16)19(21)23-18)17-11-12-25(20(17)26)14-7-3-2-4-8-14/h2-10,17H,11-13H2,1H3,(H2,21,22,23)/t17-/m1/s1. The van der Waals surface area contributed by atoms with Crippen LogP contribution in [0.25, 0.3) is 10.9 Å². The van der Waals surface area contributed by atoms with Crippen LogP contribution in [-0.4, -0.2) is 40.4 Å². The lowest BCUT2D eigenvalue weighted by molar-refractivity contribution is -0.121. The summed E-state index contributed by atoms with van der Waals surface area (Å²) in [6.07, 6.45) is 0.785. The fraction of sp³-hybridized carbons (Fsp3) is 0.250. The zero-order chi connectivity index (χ0) is 18.1. The zero-order valence-corrected chi connectivity index (χ0v) is 14.7. The normalized spacial score (nSPS) is 17.4. The highest BCUT2D eigenvalue weighted by atomic mass is 16.2. The lowest BCUT2D eigenvalue weighted by atomic mass is 10.2. The van der Waals surface area contributed by atoms with E-state index in [-0.39, 0.29) is 11.9 Å². The summed E-state index contributed by atoms with van der Waals surface area (Å²) >= 11 is 0. The van der Waals surface area contributed by atoms with E-state index in [0.29, 0.717) is 18.2 Å². The Morgan fingerprint density at radius 1 is 1.12 bits per heavy atom. The fourth-order valence-corrected chi connectivity index (χ4v) is 3.49. The summed E-state index contributed by atoms with van der Waals surface area (Å²) in [5.41, 5.74) is 7.84. The molecule has 3 aromatic rings. The molecule has 1 aliphatic heterocycles. The number of nitrogens with two attached hydrogens (primary N) is 1. The Kier molecular flexibility index (Phi) is 4.26. The summed E-state index contributed by atoms with van der Waals surface area (Å²) in [5.74, 6) is 1.23. The largest absolute Gasteiger partial charge is 0.383 e. The minimum absolute atomic E-state index is 0.118. The van der Waals surface area contributed by atoms with E-state index in [2.05, 4.69) is 9.97 Å². The molecule has 4 rings (SSSR count). The third-order valence-electron chi connectivity index (χ3n) is 4.85. The molecule has 26 heavy (non-hydrogen) atoms. The van der Waals surface area contributed by atoms with Crippen molar-refractivity contribution in [3.8, 4) is 0 Å². The molecule has 2 aromatic carbocycles. The second kappa shape index (κ2) is 6.72. The molecule has 1 fully saturated rings. The Balaban J connectivity index is 1.52. The zero-order valence-electron chi connectivity index (χ0n) is 14.7. The second-order valence-electron chi connectivity index (χ2n) is 6.59. The van der Waals surface area contributed by atoms with E-state index in [1.54, 1.807) is 0 Å². The maximum atomic E-state index is 12.8. The molecule has 2 heterocycles. The molecule has 1 aliphatic rings. The van der Waals surface area contributed by atoms with Gasteiger partial charge < -0.3 is 10.6 Å². The number of rotatable bonds is 4. The predicted molar refractivity (Wildman–Crippen MR) is 103 cm³/mol. The average Bonchev–Trinajstić information content (AvgIpc) is 3.04. The van der Waals surface area contributed by atoms with E-state index in [1.807, 2.05) is 71.4 Å². The first-order valence-electron chi connectivity index (χ1n) is 8.71. The third kappa shape index (κ3) is 2.99. The van der Waals surface area contributed by atoms with E-state index < -0.39 is 0 Å². The first-order valence-corrected chi connectivity index (χ1v) is 8.71. The van der Waals surface area contributed by atoms with Crippen molar-refractivity contribution in [1.82, 2.24) is 14.9 Å². The Hall–Kier alpha value is -2.99. The van der Waals surface area contributed by atoms with E-state index in [9.17, 15) is 4.79 Å². The second-order valence-corrected chi connectivity index (χ2v) is 6.59. The number of carbonyl (C=O) groups excluding carboxylic acids is 1. The van der Waals surface area contributed by atoms with Crippen LogP contribution in [-0.2, 0) is 11.3 Å². The van der Waals surface area contributed by atoms with Gasteiger partial charge in [-0.1, -0.05) is 30.3 Å². The van der Waals surface area contributed by atoms with E-state index in [1.165, 1.54) is 0 Å². The Morgan fingerprint density at radius 3 is 2.65 bits per heavy atom. The van der Waals surface area contributed by atoms with Crippen molar-refractivity contribution in [2.75, 3.05) is 24.2 Å². The molecule has 1 amide bonds. The Bertz CT molecular complexity index is 943. The molecule has 6 heteroatoms. The van der Waals surface area contributed by atoms with Crippen molar-refractivity contribution >= 4 is 28.3 Å². The summed E-state index contributed by atoms with van der Waals surface area (Å²) in [7, 11) is 1.94. The number of nitrogen functional groups attached to an aromatic ring is 1. The molecule has 6 nitrogen and oxygen atoms in total. The molecule has 1 saturated heterocycles. The van der Waals surface area contributed by atoms with Crippen molar-refractivity contribution in [1.29, 1.82) is 0 Å². The van der Waals surface area contributed by atoms with Crippen LogP contribution < -0.4 is 10.6 Å². The van der Waals surface area contributed by atoms with Gasteiger partial charge in [-0.2, -0.15) is 0 Å². The number of hydrogen-bond acceptors (Lipinski definition) is 5. The first kappa shape index (κ1) is 16.5. The summed E-state index contributed by atoms with van der Waals surface area (Å²) in [5, 5.41) is 0.853. The minimum atomic E-state index is -0.175. The van der Waals surface area contributed by atoms with Gasteiger partial charge in [0.2, 0.25) is 5.91 Å². The highest BCUT2D eigenvalue weighted by molar-refractivity contribution is 5.99. The van der Waals surface area contributed by atoms with Gasteiger partial charge >= 0.3 is 0 Å². The molecule has 1 atom stereocenters. The number of nitrogens with zero attached hydrogens (tertiary/aromatic N) is 4. The van der Waals surface area contributed by atoms with Gasteiger partial charge in [-0.05, 0) is 37.7 Å². The van der Waals surface area contributed by atoms with Crippen LogP contribution in [0.3, 0.4) is 0 Å². The van der Waals surface area contributed by atoms with Crippen LogP contribution in [0.5, 0.6) is 0 Å². The summed E-state index contributed by atoms with van der Waals surface area (Å²) in [6, 6.07) is 17.3. The average molecular weight is 347 g/mol. The maximum absolute atomic E-state index is 12.8. The van der Waals surface area contributed by atoms with Gasteiger partial charge in [0.25, 0.3) is 0 Å². The Labute approximate surface area is 152 Å². The molecule has 132 valence electrons. The van der Waals surface area contributed by atoms with Crippen molar-refractivity contribution in [3.63, 3.8) is 0 Å². The van der Waals surface area contributed by atoms with Gasteiger partial charge in [-0.25, -0.2) is 9.97 Å². The van der Waals surface area contributed by atoms with Gasteiger partial charge in [-0.3, -0.25) is 9.69 Å². The monoisotopic (exact) mass is 347 g/mol. The molecule has 0 aliphatic carbocycles. The predicted octanol–water partition coefficient (Wildman–Crippen LogP) is 2.45. The fourth-order valence-electron chi connectivity index (χ4n) is 3.49. The number of anilines is 2. The summed E-state index contributed by atoms with van der Waals surface area (Å²) in [4.78, 5) is 25.7. The number of fused-ring (bicyclic) bond motifs is 1. The van der Waals surface area contributed by atoms with Gasteiger partial charge in [0.1, 0.15) is 11.6 Å². The van der Waals surface area contributed by atoms with E-state index >= 15 is 0 Å². The van der Waals surface area contributed by atoms with E-state index in [0.717, 1.165) is 29.6 Å². The number of hydrogen-bond donors (Lipinski definition) is 1. The molecule has 0 bridgehead atoms. The van der Waals surface area contributed by atoms with Crippen molar-refractivity contribution in [2.45, 2.75) is 19.0 Å². The van der Waals surface area contributed by atoms with Gasteiger partial charge in [0.05, 0.1) is 18.1 Å². The smallest absolute Gasteiger partial charge is 0.244 e. The quantitative estimate of drug-likeness (QED) is 0.785. The molecule has 0 saturated carbocycles. The van der Waals surface area contributed by atoms with E-state index in [4.69, 9.17) is 5.73 Å². The van der Waals surface area contributed by atoms with Crippen LogP contribution >= 0.6 is 0 Å². The number of aromatic nitrogens is 2. The highest BCUT2D eigenvalue weighted by Gasteiger charge is 2.35. The molecule has 0 spiro atoms. The molecule has 0 unspecified atom stereocenters. The van der Waals surface area contributed by atoms with Crippen LogP contribution in [0.1, 0.15) is 12.2 Å². The lowest BCUT2D eigenvalue weighted by Gasteiger charge is -2.23. The number of para-hydroxylation sites is 2. The van der Waals surface area contributed by atoms with Crippen LogP contribution in [0.15, 0.2) is 54.6 Å². The van der Waals surface area contributed by atoms with Crippen molar-refractivity contribution < 1.29 is 4.79 Å². The van der Waals surface area contributed by atoms with Gasteiger partial charge in [0, 0.05) is 17.6 Å². The number of carbonyl (C=O) groups is 1. The number of benzene rings is 2. The number of likely N-dealkylation sites (N-methyl/N-ethyl adjacent to an activating group) is 1. The van der Waals surface area contributed by atoms with Gasteiger partial charge in [-0.15, -0.1) is 0 Å². The molecular weight excluding hydrogens is 326 g/mol. The maximum Gasteiger partial charge on any atom is 0.244 e. The lowest BCUT2D eigenvalue weighted by Crippen LogP contribution is -2.39. The van der Waals surface area contributed by atoms with Gasteiger partial charge in [0.15, 0.2) is 0 Å². The first-order chi connectivity index (χ1) is 12.6.